The molecule has 0 spiro atoms. The highest BCUT2D eigenvalue weighted by Gasteiger charge is 2.32. The van der Waals surface area contributed by atoms with Crippen molar-refractivity contribution in [1.82, 2.24) is 20.2 Å². The number of hydrogen-bond acceptors (Lipinski definition) is 5. The summed E-state index contributed by atoms with van der Waals surface area (Å²) >= 11 is 1.74. The number of aromatic nitrogens is 2. The monoisotopic (exact) mass is 357 g/mol. The lowest BCUT2D eigenvalue weighted by molar-refractivity contribution is 0.187. The molecule has 0 aliphatic carbocycles. The highest BCUT2D eigenvalue weighted by Crippen LogP contribution is 2.34. The molecule has 1 N–H and O–H groups in total. The van der Waals surface area contributed by atoms with Crippen LogP contribution in [0.25, 0.3) is 0 Å². The molecule has 2 aromatic rings. The first-order valence-electron chi connectivity index (χ1n) is 8.94. The van der Waals surface area contributed by atoms with Crippen molar-refractivity contribution in [3.8, 4) is 0 Å². The molecule has 1 unspecified atom stereocenters. The minimum atomic E-state index is 0.0883. The topological polar surface area (TPSA) is 61.4 Å². The van der Waals surface area contributed by atoms with E-state index < -0.39 is 0 Å². The van der Waals surface area contributed by atoms with Gasteiger partial charge in [-0.1, -0.05) is 6.07 Å². The lowest BCUT2D eigenvalue weighted by Crippen LogP contribution is -2.49. The van der Waals surface area contributed by atoms with Crippen LogP contribution in [-0.2, 0) is 0 Å². The van der Waals surface area contributed by atoms with Crippen molar-refractivity contribution in [3.05, 3.63) is 40.8 Å². The molecule has 1 atom stereocenters. The van der Waals surface area contributed by atoms with Crippen molar-refractivity contribution in [1.29, 1.82) is 0 Å². The van der Waals surface area contributed by atoms with E-state index in [0.29, 0.717) is 0 Å². The number of nitrogens with zero attached hydrogens (tertiary/aromatic N) is 4. The van der Waals surface area contributed by atoms with E-state index in [1.165, 1.54) is 4.88 Å². The van der Waals surface area contributed by atoms with E-state index in [4.69, 9.17) is 0 Å². The van der Waals surface area contributed by atoms with Crippen molar-refractivity contribution in [2.45, 2.75) is 37.8 Å². The third-order valence-corrected chi connectivity index (χ3v) is 6.02. The first kappa shape index (κ1) is 16.3. The molecule has 2 aromatic heterocycles. The van der Waals surface area contributed by atoms with Gasteiger partial charge < -0.3 is 15.1 Å². The molecular formula is C18H23N5OS. The molecule has 2 saturated heterocycles. The molecule has 2 fully saturated rings. The van der Waals surface area contributed by atoms with Crippen molar-refractivity contribution < 1.29 is 4.79 Å². The van der Waals surface area contributed by atoms with Gasteiger partial charge in [0.1, 0.15) is 0 Å². The van der Waals surface area contributed by atoms with Crippen LogP contribution < -0.4 is 10.2 Å². The number of likely N-dealkylation sites (tertiary alicyclic amines) is 1. The molecule has 7 heteroatoms. The largest absolute Gasteiger partial charge is 0.341 e. The van der Waals surface area contributed by atoms with E-state index in [-0.39, 0.29) is 18.1 Å². The van der Waals surface area contributed by atoms with Gasteiger partial charge >= 0.3 is 6.03 Å². The van der Waals surface area contributed by atoms with E-state index in [2.05, 4.69) is 37.7 Å². The van der Waals surface area contributed by atoms with Crippen LogP contribution in [0.5, 0.6) is 0 Å². The van der Waals surface area contributed by atoms with Crippen LogP contribution in [0.4, 0.5) is 10.7 Å². The normalized spacial score (nSPS) is 21.5. The predicted octanol–water partition coefficient (Wildman–Crippen LogP) is 3.05. The molecule has 2 aliphatic rings. The number of carbonyl (C=O) groups is 1. The van der Waals surface area contributed by atoms with Crippen LogP contribution in [0.3, 0.4) is 0 Å². The number of urea groups is 1. The van der Waals surface area contributed by atoms with Crippen molar-refractivity contribution in [2.75, 3.05) is 24.5 Å². The van der Waals surface area contributed by atoms with Gasteiger partial charge in [0.25, 0.3) is 0 Å². The quantitative estimate of drug-likeness (QED) is 0.917. The Hall–Kier alpha value is -2.15. The van der Waals surface area contributed by atoms with Gasteiger partial charge in [-0.15, -0.1) is 11.3 Å². The maximum absolute atomic E-state index is 12.8. The predicted molar refractivity (Wildman–Crippen MR) is 98.8 cm³/mol. The fourth-order valence-corrected chi connectivity index (χ4v) is 4.60. The molecule has 0 saturated carbocycles. The van der Waals surface area contributed by atoms with Crippen LogP contribution in [-0.4, -0.2) is 46.6 Å². The van der Waals surface area contributed by atoms with E-state index in [9.17, 15) is 4.79 Å². The second-order valence-corrected chi connectivity index (χ2v) is 7.61. The maximum atomic E-state index is 12.8. The summed E-state index contributed by atoms with van der Waals surface area (Å²) in [6.07, 6.45) is 7.56. The van der Waals surface area contributed by atoms with Gasteiger partial charge in [-0.25, -0.2) is 14.8 Å². The zero-order valence-electron chi connectivity index (χ0n) is 14.2. The summed E-state index contributed by atoms with van der Waals surface area (Å²) in [5, 5.41) is 5.34. The highest BCUT2D eigenvalue weighted by atomic mass is 32.1. The summed E-state index contributed by atoms with van der Waals surface area (Å²) in [4.78, 5) is 26.9. The smallest absolute Gasteiger partial charge is 0.318 e. The fourth-order valence-electron chi connectivity index (χ4n) is 3.72. The molecular weight excluding hydrogens is 334 g/mol. The average molecular weight is 357 g/mol. The number of amides is 2. The molecule has 132 valence electrons. The Morgan fingerprint density at radius 2 is 1.92 bits per heavy atom. The summed E-state index contributed by atoms with van der Waals surface area (Å²) < 4.78 is 0. The van der Waals surface area contributed by atoms with Gasteiger partial charge in [0, 0.05) is 42.9 Å². The summed E-state index contributed by atoms with van der Waals surface area (Å²) in [6.45, 7) is 2.61. The molecule has 25 heavy (non-hydrogen) atoms. The zero-order chi connectivity index (χ0) is 17.1. The molecule has 6 nitrogen and oxygen atoms in total. The lowest BCUT2D eigenvalue weighted by Gasteiger charge is -2.34. The van der Waals surface area contributed by atoms with Crippen LogP contribution in [0.15, 0.2) is 36.0 Å². The van der Waals surface area contributed by atoms with Crippen LogP contribution in [0.2, 0.25) is 0 Å². The Morgan fingerprint density at radius 3 is 2.64 bits per heavy atom. The van der Waals surface area contributed by atoms with Gasteiger partial charge in [0.15, 0.2) is 0 Å². The average Bonchev–Trinajstić information content (AvgIpc) is 3.34. The van der Waals surface area contributed by atoms with Crippen LogP contribution >= 0.6 is 11.3 Å². The first-order valence-corrected chi connectivity index (χ1v) is 9.82. The van der Waals surface area contributed by atoms with E-state index >= 15 is 0 Å². The Bertz CT molecular complexity index is 685. The number of carbonyl (C=O) groups excluding carboxylic acids is 1. The van der Waals surface area contributed by atoms with Gasteiger partial charge in [-0.2, -0.15) is 0 Å². The Balaban J connectivity index is 1.32. The number of thiophene rings is 1. The molecule has 2 aliphatic heterocycles. The molecule has 0 aromatic carbocycles. The molecule has 4 rings (SSSR count). The number of nitrogens with one attached hydrogen (secondary N) is 1. The van der Waals surface area contributed by atoms with Crippen LogP contribution in [0.1, 0.15) is 36.6 Å². The second kappa shape index (κ2) is 7.39. The summed E-state index contributed by atoms with van der Waals surface area (Å²) in [7, 11) is 0. The minimum absolute atomic E-state index is 0.0883. The van der Waals surface area contributed by atoms with Crippen molar-refractivity contribution in [3.63, 3.8) is 0 Å². The number of hydrogen-bond donors (Lipinski definition) is 1. The van der Waals surface area contributed by atoms with E-state index in [1.54, 1.807) is 23.7 Å². The van der Waals surface area contributed by atoms with Gasteiger partial charge in [0.2, 0.25) is 5.95 Å². The third kappa shape index (κ3) is 3.61. The van der Waals surface area contributed by atoms with Crippen molar-refractivity contribution >= 4 is 23.3 Å². The fraction of sp³-hybridized carbons (Fsp3) is 0.500. The Kier molecular flexibility index (Phi) is 4.83. The van der Waals surface area contributed by atoms with Crippen molar-refractivity contribution in [2.24, 2.45) is 0 Å². The summed E-state index contributed by atoms with van der Waals surface area (Å²) in [6, 6.07) is 6.60. The number of anilines is 1. The second-order valence-electron chi connectivity index (χ2n) is 6.63. The standard InChI is InChI=1S/C18H23N5OS/c24-18(23-10-1-4-15(23)16-5-2-13-25-16)21-14-6-11-22(12-7-14)17-19-8-3-9-20-17/h2-3,5,8-9,13-15H,1,4,6-7,10-12H2,(H,21,24). The zero-order valence-corrected chi connectivity index (χ0v) is 15.0. The summed E-state index contributed by atoms with van der Waals surface area (Å²) in [5.41, 5.74) is 0. The lowest BCUT2D eigenvalue weighted by atomic mass is 10.1. The molecule has 0 radical (unpaired) electrons. The van der Waals surface area contributed by atoms with E-state index in [1.807, 2.05) is 11.0 Å². The number of rotatable bonds is 3. The van der Waals surface area contributed by atoms with E-state index in [0.717, 1.165) is 51.3 Å². The van der Waals surface area contributed by atoms with Gasteiger partial charge in [0.05, 0.1) is 6.04 Å². The van der Waals surface area contributed by atoms with Gasteiger partial charge in [-0.05, 0) is 43.2 Å². The number of piperidine rings is 1. The van der Waals surface area contributed by atoms with Crippen LogP contribution in [0, 0.1) is 0 Å². The summed E-state index contributed by atoms with van der Waals surface area (Å²) in [5.74, 6) is 0.782. The maximum Gasteiger partial charge on any atom is 0.318 e. The molecule has 4 heterocycles. The highest BCUT2D eigenvalue weighted by molar-refractivity contribution is 7.10. The molecule has 0 bridgehead atoms. The molecule has 2 amide bonds. The third-order valence-electron chi connectivity index (χ3n) is 5.04. The Labute approximate surface area is 151 Å². The first-order chi connectivity index (χ1) is 12.3. The minimum Gasteiger partial charge on any atom is -0.341 e. The van der Waals surface area contributed by atoms with Gasteiger partial charge in [-0.3, -0.25) is 0 Å². The SMILES string of the molecule is O=C(NC1CCN(c2ncccn2)CC1)N1CCCC1c1cccs1. The Morgan fingerprint density at radius 1 is 1.12 bits per heavy atom.